The molecule has 0 heterocycles. The molecule has 3 aromatic carbocycles. The molecule has 5 nitrogen and oxygen atoms in total. The van der Waals surface area contributed by atoms with Crippen LogP contribution in [0, 0.1) is 0 Å². The largest absolute Gasteiger partial charge is 0.460 e. The smallest absolute Gasteiger partial charge is 0.416 e. The van der Waals surface area contributed by atoms with E-state index < -0.39 is 17.7 Å². The van der Waals surface area contributed by atoms with E-state index in [1.807, 2.05) is 60.7 Å². The molecule has 34 heavy (non-hydrogen) atoms. The van der Waals surface area contributed by atoms with E-state index in [-0.39, 0.29) is 23.2 Å². The number of hydrogen-bond acceptors (Lipinski definition) is 4. The quantitative estimate of drug-likeness (QED) is 0.182. The molecule has 0 radical (unpaired) electrons. The summed E-state index contributed by atoms with van der Waals surface area (Å²) in [5.41, 5.74) is 3.37. The van der Waals surface area contributed by atoms with Crippen molar-refractivity contribution < 1.29 is 22.7 Å². The van der Waals surface area contributed by atoms with E-state index in [2.05, 4.69) is 10.5 Å². The number of carbonyl (C=O) groups is 1. The van der Waals surface area contributed by atoms with Gasteiger partial charge in [-0.25, -0.2) is 4.79 Å². The van der Waals surface area contributed by atoms with Crippen LogP contribution in [0.4, 0.5) is 18.9 Å². The predicted octanol–water partition coefficient (Wildman–Crippen LogP) is 6.35. The number of carbonyl (C=O) groups excluding carboxylic acids is 1. The van der Waals surface area contributed by atoms with Crippen LogP contribution < -0.4 is 5.43 Å². The monoisotopic (exact) mass is 489 g/mol. The number of hydrazone groups is 1. The number of benzene rings is 3. The van der Waals surface area contributed by atoms with Gasteiger partial charge in [-0.1, -0.05) is 72.3 Å². The van der Waals surface area contributed by atoms with Gasteiger partial charge < -0.3 is 9.64 Å². The standard InChI is InChI=1S/C25H23ClF3N3O2/c1-2-34-24(33)23(31-30-22-15-20(25(27,28)29)13-14-21(22)26)32(16-18-9-5-3-6-10-18)17-19-11-7-4-8-12-19/h3-15,30H,2,16-17H2,1H3/b31-23-. The molecule has 0 unspecified atom stereocenters. The zero-order chi connectivity index (χ0) is 24.6. The molecule has 0 saturated carbocycles. The van der Waals surface area contributed by atoms with Crippen LogP contribution in [0.3, 0.4) is 0 Å². The first-order valence-corrected chi connectivity index (χ1v) is 10.9. The van der Waals surface area contributed by atoms with Crippen molar-refractivity contribution in [2.24, 2.45) is 5.10 Å². The Morgan fingerprint density at radius 3 is 2.03 bits per heavy atom. The van der Waals surface area contributed by atoms with Crippen LogP contribution >= 0.6 is 11.6 Å². The van der Waals surface area contributed by atoms with Crippen molar-refractivity contribution in [3.63, 3.8) is 0 Å². The van der Waals surface area contributed by atoms with E-state index in [1.54, 1.807) is 11.8 Å². The summed E-state index contributed by atoms with van der Waals surface area (Å²) in [5, 5.41) is 4.18. The van der Waals surface area contributed by atoms with Crippen molar-refractivity contribution in [3.05, 3.63) is 101 Å². The van der Waals surface area contributed by atoms with E-state index in [0.717, 1.165) is 29.3 Å². The van der Waals surface area contributed by atoms with E-state index in [1.165, 1.54) is 0 Å². The van der Waals surface area contributed by atoms with E-state index in [9.17, 15) is 18.0 Å². The number of nitrogens with one attached hydrogen (secondary N) is 1. The van der Waals surface area contributed by atoms with Gasteiger partial charge in [0.1, 0.15) is 0 Å². The van der Waals surface area contributed by atoms with Crippen LogP contribution in [0.15, 0.2) is 84.0 Å². The first-order chi connectivity index (χ1) is 16.3. The Morgan fingerprint density at radius 1 is 0.971 bits per heavy atom. The van der Waals surface area contributed by atoms with E-state index >= 15 is 0 Å². The number of ether oxygens (including phenoxy) is 1. The molecule has 0 amide bonds. The summed E-state index contributed by atoms with van der Waals surface area (Å²) in [7, 11) is 0. The lowest BCUT2D eigenvalue weighted by atomic mass is 10.1. The van der Waals surface area contributed by atoms with E-state index in [4.69, 9.17) is 16.3 Å². The molecule has 0 aliphatic heterocycles. The van der Waals surface area contributed by atoms with Crippen molar-refractivity contribution in [3.8, 4) is 0 Å². The lowest BCUT2D eigenvalue weighted by molar-refractivity contribution is -0.138. The normalized spacial score (nSPS) is 11.7. The Kier molecular flexibility index (Phi) is 8.54. The number of rotatable bonds is 7. The summed E-state index contributed by atoms with van der Waals surface area (Å²) in [6.07, 6.45) is -4.55. The van der Waals surface area contributed by atoms with Crippen LogP contribution in [-0.2, 0) is 28.8 Å². The molecule has 3 aromatic rings. The average Bonchev–Trinajstić information content (AvgIpc) is 2.81. The summed E-state index contributed by atoms with van der Waals surface area (Å²) >= 11 is 6.08. The second-order valence-corrected chi connectivity index (χ2v) is 7.69. The van der Waals surface area contributed by atoms with Crippen LogP contribution in [0.1, 0.15) is 23.6 Å². The minimum absolute atomic E-state index is 0.0256. The molecule has 0 bridgehead atoms. The summed E-state index contributed by atoms with van der Waals surface area (Å²) in [6.45, 7) is 2.38. The number of halogens is 4. The highest BCUT2D eigenvalue weighted by atomic mass is 35.5. The third-order valence-corrected chi connectivity index (χ3v) is 5.10. The summed E-state index contributed by atoms with van der Waals surface area (Å²) in [5.74, 6) is -0.812. The number of alkyl halides is 3. The topological polar surface area (TPSA) is 53.9 Å². The first kappa shape index (κ1) is 25.1. The maximum absolute atomic E-state index is 13.2. The SMILES string of the molecule is CCOC(=O)/C(=N/Nc1cc(C(F)(F)F)ccc1Cl)N(Cc1ccccc1)Cc1ccccc1. The van der Waals surface area contributed by atoms with Gasteiger partial charge in [0.05, 0.1) is 22.9 Å². The van der Waals surface area contributed by atoms with Crippen molar-refractivity contribution in [2.45, 2.75) is 26.2 Å². The van der Waals surface area contributed by atoms with Gasteiger partial charge in [0.25, 0.3) is 0 Å². The highest BCUT2D eigenvalue weighted by Gasteiger charge is 2.31. The molecule has 0 atom stereocenters. The minimum Gasteiger partial charge on any atom is -0.460 e. The van der Waals surface area contributed by atoms with Gasteiger partial charge in [-0.15, -0.1) is 5.10 Å². The van der Waals surface area contributed by atoms with Crippen molar-refractivity contribution in [1.82, 2.24) is 4.90 Å². The molecule has 3 rings (SSSR count). The number of hydrogen-bond donors (Lipinski definition) is 1. The molecule has 9 heteroatoms. The molecule has 0 aromatic heterocycles. The Hall–Kier alpha value is -3.52. The third kappa shape index (κ3) is 6.99. The summed E-state index contributed by atoms with van der Waals surface area (Å²) in [4.78, 5) is 14.5. The Bertz CT molecular complexity index is 1080. The van der Waals surface area contributed by atoms with Gasteiger partial charge in [0.2, 0.25) is 5.84 Å². The Labute approximate surface area is 200 Å². The van der Waals surface area contributed by atoms with Gasteiger partial charge >= 0.3 is 12.1 Å². The Morgan fingerprint density at radius 2 is 1.53 bits per heavy atom. The fourth-order valence-corrected chi connectivity index (χ4v) is 3.31. The van der Waals surface area contributed by atoms with Crippen molar-refractivity contribution in [1.29, 1.82) is 0 Å². The van der Waals surface area contributed by atoms with Crippen LogP contribution in [-0.4, -0.2) is 23.3 Å². The summed E-state index contributed by atoms with van der Waals surface area (Å²) < 4.78 is 44.6. The summed E-state index contributed by atoms with van der Waals surface area (Å²) in [6, 6.07) is 21.7. The maximum Gasteiger partial charge on any atom is 0.416 e. The van der Waals surface area contributed by atoms with Gasteiger partial charge in [-0.05, 0) is 36.2 Å². The minimum atomic E-state index is -4.55. The number of amidine groups is 1. The highest BCUT2D eigenvalue weighted by Crippen LogP contribution is 2.33. The van der Waals surface area contributed by atoms with Crippen molar-refractivity contribution >= 4 is 29.1 Å². The molecule has 1 N–H and O–H groups in total. The lowest BCUT2D eigenvalue weighted by Crippen LogP contribution is -2.37. The molecular formula is C25H23ClF3N3O2. The molecule has 178 valence electrons. The fraction of sp³-hybridized carbons (Fsp3) is 0.200. The van der Waals surface area contributed by atoms with Gasteiger partial charge in [-0.3, -0.25) is 5.43 Å². The zero-order valence-corrected chi connectivity index (χ0v) is 19.1. The van der Waals surface area contributed by atoms with Crippen LogP contribution in [0.5, 0.6) is 0 Å². The second-order valence-electron chi connectivity index (χ2n) is 7.29. The highest BCUT2D eigenvalue weighted by molar-refractivity contribution is 6.35. The number of anilines is 1. The molecule has 0 aliphatic carbocycles. The van der Waals surface area contributed by atoms with Gasteiger partial charge in [-0.2, -0.15) is 13.2 Å². The fourth-order valence-electron chi connectivity index (χ4n) is 3.15. The van der Waals surface area contributed by atoms with Crippen molar-refractivity contribution in [2.75, 3.05) is 12.0 Å². The van der Waals surface area contributed by atoms with Gasteiger partial charge in [0.15, 0.2) is 0 Å². The zero-order valence-electron chi connectivity index (χ0n) is 18.3. The van der Waals surface area contributed by atoms with Crippen LogP contribution in [0.25, 0.3) is 0 Å². The molecular weight excluding hydrogens is 467 g/mol. The molecule has 0 aliphatic rings. The third-order valence-electron chi connectivity index (χ3n) is 4.77. The van der Waals surface area contributed by atoms with E-state index in [0.29, 0.717) is 13.1 Å². The number of esters is 1. The molecule has 0 saturated heterocycles. The average molecular weight is 490 g/mol. The van der Waals surface area contributed by atoms with Gasteiger partial charge in [0, 0.05) is 13.1 Å². The van der Waals surface area contributed by atoms with Crippen LogP contribution in [0.2, 0.25) is 5.02 Å². The number of nitrogens with zero attached hydrogens (tertiary/aromatic N) is 2. The lowest BCUT2D eigenvalue weighted by Gasteiger charge is -2.25. The molecule has 0 spiro atoms. The molecule has 0 fully saturated rings. The second kappa shape index (κ2) is 11.6. The maximum atomic E-state index is 13.2. The predicted molar refractivity (Wildman–Crippen MR) is 126 cm³/mol. The first-order valence-electron chi connectivity index (χ1n) is 10.5. The Balaban J connectivity index is 1.99.